The molecule has 2 amide bonds. The van der Waals surface area contributed by atoms with Crippen LogP contribution in [-0.2, 0) is 16.0 Å². The molecular weight excluding hydrogens is 324 g/mol. The number of nitrogens with zero attached hydrogens (tertiary/aromatic N) is 2. The van der Waals surface area contributed by atoms with Crippen molar-refractivity contribution in [2.45, 2.75) is 57.8 Å². The average Bonchev–Trinajstić information content (AvgIpc) is 2.93. The quantitative estimate of drug-likeness (QED) is 0.811. The van der Waals surface area contributed by atoms with Gasteiger partial charge in [0.25, 0.3) is 0 Å². The highest BCUT2D eigenvalue weighted by Crippen LogP contribution is 2.36. The summed E-state index contributed by atoms with van der Waals surface area (Å²) in [5.41, 5.74) is 2.32. The van der Waals surface area contributed by atoms with Gasteiger partial charge in [-0.3, -0.25) is 9.59 Å². The average molecular weight is 354 g/mol. The summed E-state index contributed by atoms with van der Waals surface area (Å²) >= 11 is 0. The summed E-state index contributed by atoms with van der Waals surface area (Å²) in [5, 5.41) is 0. The van der Waals surface area contributed by atoms with E-state index >= 15 is 0 Å². The van der Waals surface area contributed by atoms with Crippen molar-refractivity contribution in [3.05, 3.63) is 29.8 Å². The van der Waals surface area contributed by atoms with Gasteiger partial charge in [-0.25, -0.2) is 0 Å². The summed E-state index contributed by atoms with van der Waals surface area (Å²) in [6.45, 7) is 2.52. The van der Waals surface area contributed by atoms with E-state index in [1.54, 1.807) is 0 Å². The third kappa shape index (κ3) is 3.38. The van der Waals surface area contributed by atoms with E-state index in [-0.39, 0.29) is 23.7 Å². The number of rotatable bonds is 2. The summed E-state index contributed by atoms with van der Waals surface area (Å²) < 4.78 is 0. The van der Waals surface area contributed by atoms with Crippen molar-refractivity contribution in [3.8, 4) is 0 Å². The first kappa shape index (κ1) is 17.6. The molecule has 2 atom stereocenters. The van der Waals surface area contributed by atoms with Crippen LogP contribution < -0.4 is 4.90 Å². The monoisotopic (exact) mass is 354 g/mol. The van der Waals surface area contributed by atoms with Crippen LogP contribution in [0.3, 0.4) is 0 Å². The second kappa shape index (κ2) is 7.81. The smallest absolute Gasteiger partial charge is 0.230 e. The minimum atomic E-state index is -0.134. The molecule has 0 aromatic heterocycles. The van der Waals surface area contributed by atoms with Crippen LogP contribution in [0, 0.1) is 11.8 Å². The number of amides is 2. The summed E-state index contributed by atoms with van der Waals surface area (Å²) in [5.74, 6) is 0.188. The van der Waals surface area contributed by atoms with Gasteiger partial charge in [-0.1, -0.05) is 43.9 Å². The maximum atomic E-state index is 13.4. The second-order valence-corrected chi connectivity index (χ2v) is 8.11. The Morgan fingerprint density at radius 3 is 2.15 bits per heavy atom. The predicted molar refractivity (Wildman–Crippen MR) is 103 cm³/mol. The molecule has 0 N–H and O–H groups in total. The molecule has 2 heterocycles. The molecular formula is C22H30N2O2. The van der Waals surface area contributed by atoms with Crippen LogP contribution in [-0.4, -0.2) is 36.3 Å². The Morgan fingerprint density at radius 2 is 1.42 bits per heavy atom. The summed E-state index contributed by atoms with van der Waals surface area (Å²) in [7, 11) is 0. The van der Waals surface area contributed by atoms with E-state index in [1.165, 1.54) is 18.4 Å². The number of benzene rings is 1. The lowest BCUT2D eigenvalue weighted by Crippen LogP contribution is -2.46. The van der Waals surface area contributed by atoms with Crippen LogP contribution >= 0.6 is 0 Å². The number of fused-ring (bicyclic) bond motifs is 1. The van der Waals surface area contributed by atoms with E-state index in [0.717, 1.165) is 70.3 Å². The fraction of sp³-hybridized carbons (Fsp3) is 0.636. The van der Waals surface area contributed by atoms with Gasteiger partial charge in [0.1, 0.15) is 0 Å². The predicted octanol–water partition coefficient (Wildman–Crippen LogP) is 3.78. The van der Waals surface area contributed by atoms with Gasteiger partial charge in [0, 0.05) is 31.2 Å². The number of hydrogen-bond donors (Lipinski definition) is 0. The lowest BCUT2D eigenvalue weighted by atomic mass is 9.77. The summed E-state index contributed by atoms with van der Waals surface area (Å²) in [6, 6.07) is 8.21. The van der Waals surface area contributed by atoms with Gasteiger partial charge in [0.05, 0.1) is 5.92 Å². The Kier molecular flexibility index (Phi) is 5.28. The molecule has 1 saturated carbocycles. The first-order valence-electron chi connectivity index (χ1n) is 10.4. The molecule has 4 heteroatoms. The van der Waals surface area contributed by atoms with Gasteiger partial charge >= 0.3 is 0 Å². The van der Waals surface area contributed by atoms with E-state index in [0.29, 0.717) is 0 Å². The summed E-state index contributed by atoms with van der Waals surface area (Å²) in [4.78, 5) is 30.6. The first-order chi connectivity index (χ1) is 12.8. The van der Waals surface area contributed by atoms with Crippen molar-refractivity contribution in [1.29, 1.82) is 0 Å². The SMILES string of the molecule is O=C([C@@H]1CCCC[C@@H]1C(=O)N1CCc2ccccc21)N1CCCCCC1. The molecule has 1 aromatic rings. The van der Waals surface area contributed by atoms with Crippen molar-refractivity contribution in [1.82, 2.24) is 4.90 Å². The molecule has 0 radical (unpaired) electrons. The molecule has 1 saturated heterocycles. The van der Waals surface area contributed by atoms with Gasteiger partial charge in [0.15, 0.2) is 0 Å². The molecule has 26 heavy (non-hydrogen) atoms. The van der Waals surface area contributed by atoms with Crippen LogP contribution in [0.5, 0.6) is 0 Å². The van der Waals surface area contributed by atoms with Gasteiger partial charge in [-0.2, -0.15) is 0 Å². The number of para-hydroxylation sites is 1. The van der Waals surface area contributed by atoms with Gasteiger partial charge in [-0.05, 0) is 43.7 Å². The minimum Gasteiger partial charge on any atom is -0.342 e. The Hall–Kier alpha value is -1.84. The maximum Gasteiger partial charge on any atom is 0.230 e. The lowest BCUT2D eigenvalue weighted by Gasteiger charge is -2.35. The molecule has 1 aromatic carbocycles. The number of anilines is 1. The molecule has 2 fully saturated rings. The van der Waals surface area contributed by atoms with E-state index in [1.807, 2.05) is 17.0 Å². The van der Waals surface area contributed by atoms with Gasteiger partial charge < -0.3 is 9.80 Å². The number of likely N-dealkylation sites (tertiary alicyclic amines) is 1. The highest BCUT2D eigenvalue weighted by Gasteiger charge is 2.41. The highest BCUT2D eigenvalue weighted by atomic mass is 16.2. The zero-order valence-corrected chi connectivity index (χ0v) is 15.7. The first-order valence-corrected chi connectivity index (χ1v) is 10.4. The molecule has 140 valence electrons. The van der Waals surface area contributed by atoms with Crippen LogP contribution in [0.4, 0.5) is 5.69 Å². The lowest BCUT2D eigenvalue weighted by molar-refractivity contribution is -0.142. The van der Waals surface area contributed by atoms with Crippen molar-refractivity contribution < 1.29 is 9.59 Å². The Balaban J connectivity index is 1.52. The van der Waals surface area contributed by atoms with Crippen LogP contribution in [0.1, 0.15) is 56.9 Å². The molecule has 0 spiro atoms. The zero-order valence-electron chi connectivity index (χ0n) is 15.7. The number of hydrogen-bond acceptors (Lipinski definition) is 2. The molecule has 4 rings (SSSR count). The fourth-order valence-corrected chi connectivity index (χ4v) is 5.01. The molecule has 1 aliphatic carbocycles. The minimum absolute atomic E-state index is 0.109. The summed E-state index contributed by atoms with van der Waals surface area (Å²) in [6.07, 6.45) is 9.47. The van der Waals surface area contributed by atoms with Crippen LogP contribution in [0.25, 0.3) is 0 Å². The zero-order chi connectivity index (χ0) is 17.9. The molecule has 3 aliphatic rings. The standard InChI is InChI=1S/C22H30N2O2/c25-21(23-14-7-1-2-8-15-23)18-10-4-5-11-19(18)22(26)24-16-13-17-9-3-6-12-20(17)24/h3,6,9,12,18-19H,1-2,4-5,7-8,10-11,13-16H2/t18-,19+/m1/s1. The van der Waals surface area contributed by atoms with Crippen LogP contribution in [0.2, 0.25) is 0 Å². The molecule has 2 aliphatic heterocycles. The second-order valence-electron chi connectivity index (χ2n) is 8.11. The maximum absolute atomic E-state index is 13.4. The number of carbonyl (C=O) groups excluding carboxylic acids is 2. The molecule has 0 unspecified atom stereocenters. The van der Waals surface area contributed by atoms with Crippen molar-refractivity contribution >= 4 is 17.5 Å². The fourth-order valence-electron chi connectivity index (χ4n) is 5.01. The highest BCUT2D eigenvalue weighted by molar-refractivity contribution is 5.99. The Bertz CT molecular complexity index is 664. The number of carbonyl (C=O) groups is 2. The largest absolute Gasteiger partial charge is 0.342 e. The third-order valence-corrected chi connectivity index (χ3v) is 6.47. The van der Waals surface area contributed by atoms with Crippen molar-refractivity contribution in [2.24, 2.45) is 11.8 Å². The molecule has 0 bridgehead atoms. The van der Waals surface area contributed by atoms with Crippen LogP contribution in [0.15, 0.2) is 24.3 Å². The van der Waals surface area contributed by atoms with Crippen molar-refractivity contribution in [2.75, 3.05) is 24.5 Å². The van der Waals surface area contributed by atoms with Crippen molar-refractivity contribution in [3.63, 3.8) is 0 Å². The van der Waals surface area contributed by atoms with E-state index in [9.17, 15) is 9.59 Å². The Morgan fingerprint density at radius 1 is 0.769 bits per heavy atom. The topological polar surface area (TPSA) is 40.6 Å². The molecule has 4 nitrogen and oxygen atoms in total. The van der Waals surface area contributed by atoms with E-state index in [2.05, 4.69) is 17.0 Å². The van der Waals surface area contributed by atoms with E-state index in [4.69, 9.17) is 0 Å². The normalized spacial score (nSPS) is 26.3. The van der Waals surface area contributed by atoms with Gasteiger partial charge in [-0.15, -0.1) is 0 Å². The van der Waals surface area contributed by atoms with E-state index < -0.39 is 0 Å². The van der Waals surface area contributed by atoms with Gasteiger partial charge in [0.2, 0.25) is 11.8 Å². The Labute approximate surface area is 156 Å². The third-order valence-electron chi connectivity index (χ3n) is 6.47.